The number of aliphatic hydroxyl groups excluding tert-OH is 3. The van der Waals surface area contributed by atoms with Gasteiger partial charge in [-0.05, 0) is 0 Å². The Kier molecular flexibility index (Phi) is 4.28. The van der Waals surface area contributed by atoms with Crippen molar-refractivity contribution in [2.24, 2.45) is 5.73 Å². The van der Waals surface area contributed by atoms with E-state index in [-0.39, 0.29) is 29.1 Å². The lowest BCUT2D eigenvalue weighted by atomic mass is 9.95. The third-order valence-electron chi connectivity index (χ3n) is 4.35. The minimum atomic E-state index is -1.83. The number of nitrogens with zero attached hydrogens (tertiary/aromatic N) is 3. The zero-order valence-corrected chi connectivity index (χ0v) is 13.5. The average molecular weight is 366 g/mol. The molecule has 1 amide bonds. The van der Waals surface area contributed by atoms with E-state index in [1.807, 2.05) is 0 Å². The minimum Gasteiger partial charge on any atom is -0.394 e. The Labute approximate surface area is 145 Å². The van der Waals surface area contributed by atoms with Crippen molar-refractivity contribution < 1.29 is 24.9 Å². The number of H-pyrrole nitrogens is 1. The molecule has 0 radical (unpaired) electrons. The van der Waals surface area contributed by atoms with Crippen LogP contribution in [0.3, 0.4) is 0 Å². The number of fused-ring (bicyclic) bond motifs is 1. The Hall–Kier alpha value is -2.80. The van der Waals surface area contributed by atoms with E-state index in [0.29, 0.717) is 0 Å². The fourth-order valence-corrected chi connectivity index (χ4v) is 3.04. The Morgan fingerprint density at radius 3 is 2.77 bits per heavy atom. The summed E-state index contributed by atoms with van der Waals surface area (Å²) in [6.07, 6.45) is -3.47. The van der Waals surface area contributed by atoms with Gasteiger partial charge in [0, 0.05) is 12.0 Å². The molecule has 0 bridgehead atoms. The van der Waals surface area contributed by atoms with E-state index in [9.17, 15) is 24.9 Å². The lowest BCUT2D eigenvalue weighted by Gasteiger charge is -2.34. The summed E-state index contributed by atoms with van der Waals surface area (Å²) >= 11 is 0. The van der Waals surface area contributed by atoms with Crippen molar-refractivity contribution in [2.45, 2.75) is 30.5 Å². The van der Waals surface area contributed by atoms with Gasteiger partial charge >= 0.3 is 0 Å². The van der Waals surface area contributed by atoms with E-state index < -0.39 is 42.1 Å². The topological polar surface area (TPSA) is 203 Å². The molecule has 8 N–H and O–H groups in total. The van der Waals surface area contributed by atoms with E-state index in [0.717, 1.165) is 6.33 Å². The molecular formula is C14H18N6O6. The zero-order valence-electron chi connectivity index (χ0n) is 13.5. The molecular weight excluding hydrogens is 348 g/mol. The van der Waals surface area contributed by atoms with Gasteiger partial charge in [-0.2, -0.15) is 4.98 Å². The number of nitrogens with two attached hydrogens (primary N) is 2. The number of carbonyl (C=O) groups excluding carboxylic acids is 1. The maximum Gasteiger partial charge on any atom is 0.280 e. The van der Waals surface area contributed by atoms with Crippen molar-refractivity contribution in [1.29, 1.82) is 0 Å². The molecule has 0 aromatic carbocycles. The fourth-order valence-electron chi connectivity index (χ4n) is 3.04. The van der Waals surface area contributed by atoms with Crippen LogP contribution in [0, 0.1) is 0 Å². The molecule has 4 atom stereocenters. The summed E-state index contributed by atoms with van der Waals surface area (Å²) in [5.74, 6) is -1.06. The van der Waals surface area contributed by atoms with Crippen LogP contribution in [0.4, 0.5) is 5.95 Å². The predicted molar refractivity (Wildman–Crippen MR) is 87.5 cm³/mol. The normalized spacial score (nSPS) is 28.5. The smallest absolute Gasteiger partial charge is 0.280 e. The Balaban J connectivity index is 2.24. The van der Waals surface area contributed by atoms with Gasteiger partial charge in [-0.3, -0.25) is 19.1 Å². The molecule has 1 aliphatic rings. The van der Waals surface area contributed by atoms with Crippen molar-refractivity contribution in [3.8, 4) is 0 Å². The molecule has 0 unspecified atom stereocenters. The van der Waals surface area contributed by atoms with Gasteiger partial charge in [-0.1, -0.05) is 6.58 Å². The molecule has 1 fully saturated rings. The Bertz CT molecular complexity index is 938. The van der Waals surface area contributed by atoms with Gasteiger partial charge < -0.3 is 31.5 Å². The van der Waals surface area contributed by atoms with Gasteiger partial charge in [0.1, 0.15) is 18.3 Å². The summed E-state index contributed by atoms with van der Waals surface area (Å²) in [5.41, 5.74) is 8.08. The lowest BCUT2D eigenvalue weighted by Crippen LogP contribution is -2.46. The van der Waals surface area contributed by atoms with Crippen LogP contribution >= 0.6 is 0 Å². The van der Waals surface area contributed by atoms with Crippen LogP contribution in [0.1, 0.15) is 6.42 Å². The van der Waals surface area contributed by atoms with Crippen molar-refractivity contribution in [3.63, 3.8) is 0 Å². The number of hydrogen-bond donors (Lipinski definition) is 6. The quantitative estimate of drug-likeness (QED) is 0.296. The number of anilines is 1. The summed E-state index contributed by atoms with van der Waals surface area (Å²) in [6.45, 7) is 2.94. The molecule has 0 aliphatic carbocycles. The first kappa shape index (κ1) is 18.0. The second-order valence-corrected chi connectivity index (χ2v) is 6.00. The predicted octanol–water partition coefficient (Wildman–Crippen LogP) is -3.10. The summed E-state index contributed by atoms with van der Waals surface area (Å²) in [5, 5.41) is 30.2. The highest BCUT2D eigenvalue weighted by molar-refractivity contribution is 5.91. The first-order valence-electron chi connectivity index (χ1n) is 7.57. The van der Waals surface area contributed by atoms with Gasteiger partial charge in [0.25, 0.3) is 5.56 Å². The molecule has 0 spiro atoms. The van der Waals surface area contributed by atoms with E-state index in [1.165, 1.54) is 4.57 Å². The van der Waals surface area contributed by atoms with Gasteiger partial charge in [0.2, 0.25) is 11.9 Å². The second kappa shape index (κ2) is 6.17. The molecule has 1 aliphatic heterocycles. The third-order valence-corrected chi connectivity index (χ3v) is 4.35. The molecule has 0 saturated carbocycles. The number of aromatic amines is 1. The standard InChI is InChI=1S/C14H18N6O6/c1-5(10(15)24)2-14(9(23)8(22)6(3-21)26-14)20-4-17-7-11(20)18-13(16)19-12(7)25/h4,6,8-9,21-23H,1-3H2,(H2,15,24)(H3,16,18,19,25)/t6-,8-,9-,14-/m1/s1. The van der Waals surface area contributed by atoms with Crippen LogP contribution in [0.5, 0.6) is 0 Å². The number of amides is 1. The summed E-state index contributed by atoms with van der Waals surface area (Å²) in [6, 6.07) is 0. The molecule has 2 aromatic heterocycles. The van der Waals surface area contributed by atoms with Crippen molar-refractivity contribution in [2.75, 3.05) is 12.3 Å². The van der Waals surface area contributed by atoms with Crippen LogP contribution in [-0.2, 0) is 15.3 Å². The number of nitrogens with one attached hydrogen (secondary N) is 1. The Morgan fingerprint density at radius 2 is 2.19 bits per heavy atom. The number of nitrogen functional groups attached to an aromatic ring is 1. The lowest BCUT2D eigenvalue weighted by molar-refractivity contribution is -0.147. The second-order valence-electron chi connectivity index (χ2n) is 6.00. The van der Waals surface area contributed by atoms with Crippen molar-refractivity contribution >= 4 is 23.0 Å². The number of primary amides is 1. The van der Waals surface area contributed by atoms with Crippen LogP contribution in [0.15, 0.2) is 23.3 Å². The van der Waals surface area contributed by atoms with E-state index in [2.05, 4.69) is 21.5 Å². The summed E-state index contributed by atoms with van der Waals surface area (Å²) in [7, 11) is 0. The van der Waals surface area contributed by atoms with Gasteiger partial charge in [-0.25, -0.2) is 4.98 Å². The van der Waals surface area contributed by atoms with Crippen molar-refractivity contribution in [1.82, 2.24) is 19.5 Å². The highest BCUT2D eigenvalue weighted by Gasteiger charge is 2.56. The van der Waals surface area contributed by atoms with Crippen LogP contribution in [0.2, 0.25) is 0 Å². The zero-order chi connectivity index (χ0) is 19.2. The number of ether oxygens (including phenoxy) is 1. The fraction of sp³-hybridized carbons (Fsp3) is 0.429. The molecule has 12 heteroatoms. The van der Waals surface area contributed by atoms with Crippen molar-refractivity contribution in [3.05, 3.63) is 28.8 Å². The van der Waals surface area contributed by atoms with E-state index in [1.54, 1.807) is 0 Å². The number of rotatable bonds is 5. The van der Waals surface area contributed by atoms with Crippen LogP contribution < -0.4 is 17.0 Å². The van der Waals surface area contributed by atoms with Crippen LogP contribution in [-0.4, -0.2) is 65.7 Å². The van der Waals surface area contributed by atoms with Gasteiger partial charge in [0.05, 0.1) is 12.9 Å². The highest BCUT2D eigenvalue weighted by Crippen LogP contribution is 2.41. The van der Waals surface area contributed by atoms with E-state index in [4.69, 9.17) is 16.2 Å². The molecule has 26 heavy (non-hydrogen) atoms. The number of aliphatic hydroxyl groups is 3. The third kappa shape index (κ3) is 2.55. The largest absolute Gasteiger partial charge is 0.394 e. The molecule has 2 aromatic rings. The first-order valence-corrected chi connectivity index (χ1v) is 7.57. The number of imidazole rings is 1. The van der Waals surface area contributed by atoms with Gasteiger partial charge in [0.15, 0.2) is 16.9 Å². The number of carbonyl (C=O) groups is 1. The highest BCUT2D eigenvalue weighted by atomic mass is 16.6. The summed E-state index contributed by atoms with van der Waals surface area (Å²) in [4.78, 5) is 33.7. The first-order chi connectivity index (χ1) is 12.2. The van der Waals surface area contributed by atoms with Crippen LogP contribution in [0.25, 0.3) is 11.2 Å². The maximum absolute atomic E-state index is 12.0. The maximum atomic E-state index is 12.0. The molecule has 3 rings (SSSR count). The molecule has 12 nitrogen and oxygen atoms in total. The number of aromatic nitrogens is 4. The molecule has 3 heterocycles. The van der Waals surface area contributed by atoms with Gasteiger partial charge in [-0.15, -0.1) is 0 Å². The monoisotopic (exact) mass is 366 g/mol. The summed E-state index contributed by atoms with van der Waals surface area (Å²) < 4.78 is 6.86. The minimum absolute atomic E-state index is 0.0478. The van der Waals surface area contributed by atoms with E-state index >= 15 is 0 Å². The molecule has 1 saturated heterocycles. The molecule has 140 valence electrons. The Morgan fingerprint density at radius 1 is 1.50 bits per heavy atom. The SMILES string of the molecule is C=C(C[C@@]1(n2cnc3c(=O)[nH]c(N)nc32)O[C@H](CO)[C@@H](O)[C@H]1O)C(N)=O. The number of hydrogen-bond acceptors (Lipinski definition) is 9. The average Bonchev–Trinajstić information content (AvgIpc) is 3.10.